The molecule has 0 amide bonds. The van der Waals surface area contributed by atoms with Crippen LogP contribution in [0.3, 0.4) is 0 Å². The lowest BCUT2D eigenvalue weighted by Crippen LogP contribution is -2.50. The Labute approximate surface area is 196 Å². The SMILES string of the molecule is CN(Cc1ccccc1)c1ccc(-c2noc(CN3CCN(C4CCCCC4)CC3)n2)cn1. The minimum Gasteiger partial charge on any atom is -0.355 e. The van der Waals surface area contributed by atoms with E-state index in [1.807, 2.05) is 24.4 Å². The van der Waals surface area contributed by atoms with E-state index in [-0.39, 0.29) is 0 Å². The fourth-order valence-electron chi connectivity index (χ4n) is 5.04. The quantitative estimate of drug-likeness (QED) is 0.538. The molecule has 2 aliphatic rings. The van der Waals surface area contributed by atoms with Crippen molar-refractivity contribution < 1.29 is 4.52 Å². The van der Waals surface area contributed by atoms with Crippen molar-refractivity contribution in [3.63, 3.8) is 0 Å². The Bertz CT molecular complexity index is 991. The number of benzene rings is 1. The van der Waals surface area contributed by atoms with Gasteiger partial charge in [0, 0.05) is 57.6 Å². The van der Waals surface area contributed by atoms with Crippen molar-refractivity contribution in [3.8, 4) is 11.4 Å². The molecule has 7 heteroatoms. The summed E-state index contributed by atoms with van der Waals surface area (Å²) in [5.74, 6) is 2.21. The van der Waals surface area contributed by atoms with Gasteiger partial charge in [0.25, 0.3) is 0 Å². The van der Waals surface area contributed by atoms with Crippen LogP contribution in [-0.4, -0.2) is 64.2 Å². The van der Waals surface area contributed by atoms with Crippen LogP contribution in [0.15, 0.2) is 53.2 Å². The summed E-state index contributed by atoms with van der Waals surface area (Å²) >= 11 is 0. The lowest BCUT2D eigenvalue weighted by atomic mass is 9.94. The van der Waals surface area contributed by atoms with E-state index in [0.29, 0.717) is 11.7 Å². The van der Waals surface area contributed by atoms with Crippen molar-refractivity contribution in [3.05, 3.63) is 60.1 Å². The fourth-order valence-corrected chi connectivity index (χ4v) is 5.04. The average Bonchev–Trinajstić information content (AvgIpc) is 3.34. The molecule has 1 aliphatic heterocycles. The summed E-state index contributed by atoms with van der Waals surface area (Å²) in [6, 6.07) is 15.2. The minimum atomic E-state index is 0.607. The predicted molar refractivity (Wildman–Crippen MR) is 130 cm³/mol. The van der Waals surface area contributed by atoms with Crippen molar-refractivity contribution in [1.82, 2.24) is 24.9 Å². The summed E-state index contributed by atoms with van der Waals surface area (Å²) < 4.78 is 5.57. The molecule has 0 unspecified atom stereocenters. The zero-order chi connectivity index (χ0) is 22.5. The van der Waals surface area contributed by atoms with E-state index in [9.17, 15) is 0 Å². The van der Waals surface area contributed by atoms with Crippen LogP contribution >= 0.6 is 0 Å². The average molecular weight is 447 g/mol. The van der Waals surface area contributed by atoms with Crippen LogP contribution in [0.2, 0.25) is 0 Å². The highest BCUT2D eigenvalue weighted by Gasteiger charge is 2.26. The Balaban J connectivity index is 1.14. The fraction of sp³-hybridized carbons (Fsp3) is 0.500. The largest absolute Gasteiger partial charge is 0.355 e. The summed E-state index contributed by atoms with van der Waals surface area (Å²) in [5.41, 5.74) is 2.14. The van der Waals surface area contributed by atoms with E-state index in [1.165, 1.54) is 37.7 Å². The smallest absolute Gasteiger partial charge is 0.241 e. The number of piperazine rings is 1. The Morgan fingerprint density at radius 3 is 2.48 bits per heavy atom. The number of pyridine rings is 1. The van der Waals surface area contributed by atoms with E-state index in [2.05, 4.69) is 61.1 Å². The van der Waals surface area contributed by atoms with Gasteiger partial charge in [-0.1, -0.05) is 54.8 Å². The van der Waals surface area contributed by atoms with E-state index in [1.54, 1.807) is 0 Å². The molecule has 2 fully saturated rings. The number of nitrogens with zero attached hydrogens (tertiary/aromatic N) is 6. The summed E-state index contributed by atoms with van der Waals surface area (Å²) in [6.45, 7) is 5.96. The molecule has 5 rings (SSSR count). The van der Waals surface area contributed by atoms with E-state index < -0.39 is 0 Å². The summed E-state index contributed by atoms with van der Waals surface area (Å²) in [6.07, 6.45) is 8.79. The van der Waals surface area contributed by atoms with Gasteiger partial charge in [0.05, 0.1) is 6.54 Å². The van der Waals surface area contributed by atoms with Gasteiger partial charge in [-0.05, 0) is 30.5 Å². The number of anilines is 1. The van der Waals surface area contributed by atoms with Crippen LogP contribution in [0.25, 0.3) is 11.4 Å². The third kappa shape index (κ3) is 5.60. The molecule has 2 aromatic heterocycles. The zero-order valence-electron chi connectivity index (χ0n) is 19.6. The molecule has 174 valence electrons. The van der Waals surface area contributed by atoms with Crippen LogP contribution < -0.4 is 4.90 Å². The number of aromatic nitrogens is 3. The van der Waals surface area contributed by atoms with Gasteiger partial charge in [0.15, 0.2) is 0 Å². The van der Waals surface area contributed by atoms with E-state index in [0.717, 1.165) is 56.7 Å². The number of rotatable bonds is 7. The molecule has 0 spiro atoms. The third-order valence-corrected chi connectivity index (χ3v) is 6.98. The van der Waals surface area contributed by atoms with Crippen molar-refractivity contribution in [2.24, 2.45) is 0 Å². The molecule has 0 radical (unpaired) electrons. The highest BCUT2D eigenvalue weighted by atomic mass is 16.5. The Morgan fingerprint density at radius 2 is 1.76 bits per heavy atom. The topological polar surface area (TPSA) is 61.5 Å². The van der Waals surface area contributed by atoms with Crippen LogP contribution in [0.5, 0.6) is 0 Å². The first-order chi connectivity index (χ1) is 16.2. The molecule has 3 heterocycles. The Kier molecular flexibility index (Phi) is 6.98. The van der Waals surface area contributed by atoms with Crippen LogP contribution in [0.4, 0.5) is 5.82 Å². The highest BCUT2D eigenvalue weighted by molar-refractivity contribution is 5.55. The van der Waals surface area contributed by atoms with E-state index >= 15 is 0 Å². The Morgan fingerprint density at radius 1 is 0.970 bits per heavy atom. The summed E-state index contributed by atoms with van der Waals surface area (Å²) in [7, 11) is 2.05. The summed E-state index contributed by atoms with van der Waals surface area (Å²) in [4.78, 5) is 16.5. The molecular formula is C26H34N6O. The molecule has 0 bridgehead atoms. The molecule has 1 saturated carbocycles. The maximum atomic E-state index is 5.57. The second-order valence-corrected chi connectivity index (χ2v) is 9.36. The van der Waals surface area contributed by atoms with Crippen molar-refractivity contribution in [2.45, 2.75) is 51.2 Å². The number of hydrogen-bond acceptors (Lipinski definition) is 7. The first-order valence-electron chi connectivity index (χ1n) is 12.2. The standard InChI is InChI=1S/C26H34N6O/c1-30(19-21-8-4-2-5-9-21)24-13-12-22(18-27-24)26-28-25(33-29-26)20-31-14-16-32(17-15-31)23-10-6-3-7-11-23/h2,4-5,8-9,12-13,18,23H,3,6-7,10-11,14-17,19-20H2,1H3. The maximum absolute atomic E-state index is 5.57. The first kappa shape index (κ1) is 22.0. The van der Waals surface area contributed by atoms with Crippen molar-refractivity contribution in [2.75, 3.05) is 38.1 Å². The van der Waals surface area contributed by atoms with Gasteiger partial charge >= 0.3 is 0 Å². The molecule has 3 aromatic rings. The van der Waals surface area contributed by atoms with Gasteiger partial charge in [0.1, 0.15) is 5.82 Å². The molecular weight excluding hydrogens is 412 g/mol. The molecule has 1 aliphatic carbocycles. The highest BCUT2D eigenvalue weighted by Crippen LogP contribution is 2.24. The third-order valence-electron chi connectivity index (χ3n) is 6.98. The van der Waals surface area contributed by atoms with Gasteiger partial charge in [0.2, 0.25) is 11.7 Å². The van der Waals surface area contributed by atoms with E-state index in [4.69, 9.17) is 4.52 Å². The van der Waals surface area contributed by atoms with Gasteiger partial charge < -0.3 is 9.42 Å². The molecule has 33 heavy (non-hydrogen) atoms. The molecule has 7 nitrogen and oxygen atoms in total. The second-order valence-electron chi connectivity index (χ2n) is 9.36. The summed E-state index contributed by atoms with van der Waals surface area (Å²) in [5, 5.41) is 4.21. The lowest BCUT2D eigenvalue weighted by molar-refractivity contribution is 0.0702. The molecule has 1 saturated heterocycles. The molecule has 0 N–H and O–H groups in total. The van der Waals surface area contributed by atoms with Gasteiger partial charge in [-0.25, -0.2) is 4.98 Å². The van der Waals surface area contributed by atoms with Crippen molar-refractivity contribution >= 4 is 5.82 Å². The monoisotopic (exact) mass is 446 g/mol. The lowest BCUT2D eigenvalue weighted by Gasteiger charge is -2.40. The zero-order valence-corrected chi connectivity index (χ0v) is 19.6. The van der Waals surface area contributed by atoms with Gasteiger partial charge in [-0.2, -0.15) is 4.98 Å². The van der Waals surface area contributed by atoms with Crippen LogP contribution in [-0.2, 0) is 13.1 Å². The van der Waals surface area contributed by atoms with Crippen LogP contribution in [0.1, 0.15) is 43.6 Å². The molecule has 1 aromatic carbocycles. The van der Waals surface area contributed by atoms with Gasteiger partial charge in [-0.3, -0.25) is 9.80 Å². The first-order valence-corrected chi connectivity index (χ1v) is 12.2. The second kappa shape index (κ2) is 10.4. The minimum absolute atomic E-state index is 0.607. The molecule has 0 atom stereocenters. The Hall–Kier alpha value is -2.77. The van der Waals surface area contributed by atoms with Gasteiger partial charge in [-0.15, -0.1) is 0 Å². The van der Waals surface area contributed by atoms with Crippen LogP contribution in [0, 0.1) is 0 Å². The predicted octanol–water partition coefficient (Wildman–Crippen LogP) is 4.22. The van der Waals surface area contributed by atoms with Crippen molar-refractivity contribution in [1.29, 1.82) is 0 Å². The number of hydrogen-bond donors (Lipinski definition) is 0. The maximum Gasteiger partial charge on any atom is 0.241 e. The normalized spacial score (nSPS) is 18.5.